The number of nitrogens with zero attached hydrogens (tertiary/aromatic N) is 2. The normalized spacial score (nSPS) is 11.8. The molecule has 9 nitrogen and oxygen atoms in total. The molecule has 0 aliphatic carbocycles. The zero-order chi connectivity index (χ0) is 20.9. The Morgan fingerprint density at radius 3 is 2.70 bits per heavy atom. The van der Waals surface area contributed by atoms with Crippen LogP contribution in [-0.2, 0) is 17.8 Å². The van der Waals surface area contributed by atoms with Gasteiger partial charge in [0, 0.05) is 11.8 Å². The fraction of sp³-hybridized carbons (Fsp3) is 0.200. The average molecular weight is 426 g/mol. The average Bonchev–Trinajstić information content (AvgIpc) is 3.42. The third kappa shape index (κ3) is 4.66. The van der Waals surface area contributed by atoms with E-state index in [0.717, 1.165) is 22.6 Å². The van der Waals surface area contributed by atoms with Gasteiger partial charge in [0.25, 0.3) is 5.91 Å². The van der Waals surface area contributed by atoms with Crippen LogP contribution < -0.4 is 24.8 Å². The van der Waals surface area contributed by atoms with Crippen molar-refractivity contribution in [1.82, 2.24) is 15.5 Å². The van der Waals surface area contributed by atoms with Crippen molar-refractivity contribution in [1.29, 1.82) is 0 Å². The fourth-order valence-electron chi connectivity index (χ4n) is 2.74. The van der Waals surface area contributed by atoms with Crippen LogP contribution >= 0.6 is 11.3 Å². The Balaban J connectivity index is 1.29. The second-order valence-electron chi connectivity index (χ2n) is 6.32. The Hall–Kier alpha value is -3.66. The molecule has 0 atom stereocenters. The highest BCUT2D eigenvalue weighted by atomic mass is 32.1. The van der Waals surface area contributed by atoms with Crippen molar-refractivity contribution in [2.75, 3.05) is 19.2 Å². The second kappa shape index (κ2) is 8.78. The first-order valence-corrected chi connectivity index (χ1v) is 9.85. The molecule has 2 N–H and O–H groups in total. The van der Waals surface area contributed by atoms with Gasteiger partial charge in [0.2, 0.25) is 17.7 Å². The number of carbonyl (C=O) groups is 2. The third-order valence-electron chi connectivity index (χ3n) is 4.25. The van der Waals surface area contributed by atoms with E-state index in [2.05, 4.69) is 20.8 Å². The highest BCUT2D eigenvalue weighted by molar-refractivity contribution is 7.13. The van der Waals surface area contributed by atoms with Crippen molar-refractivity contribution in [3.63, 3.8) is 0 Å². The van der Waals surface area contributed by atoms with E-state index in [1.807, 2.05) is 12.1 Å². The quantitative estimate of drug-likeness (QED) is 0.597. The van der Waals surface area contributed by atoms with Gasteiger partial charge in [-0.25, -0.2) is 0 Å². The molecular formula is C20H18N4O5S. The predicted octanol–water partition coefficient (Wildman–Crippen LogP) is 2.39. The van der Waals surface area contributed by atoms with Gasteiger partial charge in [0.05, 0.1) is 20.1 Å². The first-order valence-electron chi connectivity index (χ1n) is 9.04. The fourth-order valence-corrected chi connectivity index (χ4v) is 3.42. The van der Waals surface area contributed by atoms with E-state index in [9.17, 15) is 9.59 Å². The van der Waals surface area contributed by atoms with Gasteiger partial charge in [-0.3, -0.25) is 9.59 Å². The Labute approximate surface area is 176 Å². The van der Waals surface area contributed by atoms with Gasteiger partial charge in [0.1, 0.15) is 10.8 Å². The summed E-state index contributed by atoms with van der Waals surface area (Å²) < 4.78 is 15.6. The third-order valence-corrected chi connectivity index (χ3v) is 5.17. The molecule has 30 heavy (non-hydrogen) atoms. The molecule has 1 aliphatic heterocycles. The highest BCUT2D eigenvalue weighted by Gasteiger charge is 2.17. The molecule has 154 valence electrons. The van der Waals surface area contributed by atoms with E-state index in [4.69, 9.17) is 14.2 Å². The van der Waals surface area contributed by atoms with Crippen molar-refractivity contribution in [2.24, 2.45) is 0 Å². The predicted molar refractivity (Wildman–Crippen MR) is 109 cm³/mol. The molecule has 4 rings (SSSR count). The molecule has 2 aromatic carbocycles. The monoisotopic (exact) mass is 426 g/mol. The minimum Gasteiger partial charge on any atom is -0.497 e. The van der Waals surface area contributed by atoms with E-state index < -0.39 is 0 Å². The van der Waals surface area contributed by atoms with Crippen LogP contribution in [0.15, 0.2) is 42.5 Å². The summed E-state index contributed by atoms with van der Waals surface area (Å²) in [5, 5.41) is 14.1. The Morgan fingerprint density at radius 2 is 1.90 bits per heavy atom. The van der Waals surface area contributed by atoms with Gasteiger partial charge in [-0.15, -0.1) is 10.2 Å². The van der Waals surface area contributed by atoms with Crippen LogP contribution in [-0.4, -0.2) is 35.9 Å². The van der Waals surface area contributed by atoms with Gasteiger partial charge in [-0.05, 0) is 29.8 Å². The molecule has 0 bridgehead atoms. The molecule has 3 aromatic rings. The number of hydrogen-bond acceptors (Lipinski definition) is 8. The lowest BCUT2D eigenvalue weighted by Gasteiger charge is -2.04. The first kappa shape index (κ1) is 19.6. The molecule has 10 heteroatoms. The van der Waals surface area contributed by atoms with E-state index in [0.29, 0.717) is 22.2 Å². The Bertz CT molecular complexity index is 1070. The summed E-state index contributed by atoms with van der Waals surface area (Å²) in [5.74, 6) is 1.41. The number of aromatic nitrogens is 2. The van der Waals surface area contributed by atoms with Crippen LogP contribution in [0.5, 0.6) is 17.2 Å². The van der Waals surface area contributed by atoms with Crippen molar-refractivity contribution in [3.8, 4) is 17.2 Å². The van der Waals surface area contributed by atoms with Crippen molar-refractivity contribution < 1.29 is 23.8 Å². The number of carbonyl (C=O) groups excluding carboxylic acids is 2. The SMILES string of the molecule is COc1ccc(CC(=O)NCc2nnc(C(=O)Nc3ccc4c(c3)OCO4)s2)cc1. The number of methoxy groups -OCH3 is 1. The molecular weight excluding hydrogens is 408 g/mol. The number of nitrogens with one attached hydrogen (secondary N) is 2. The van der Waals surface area contributed by atoms with Crippen molar-refractivity contribution >= 4 is 28.8 Å². The molecule has 0 saturated carbocycles. The minimum absolute atomic E-state index is 0.151. The summed E-state index contributed by atoms with van der Waals surface area (Å²) in [4.78, 5) is 24.5. The maximum Gasteiger partial charge on any atom is 0.286 e. The molecule has 0 unspecified atom stereocenters. The number of amides is 2. The summed E-state index contributed by atoms with van der Waals surface area (Å²) in [7, 11) is 1.59. The van der Waals surface area contributed by atoms with Gasteiger partial charge in [-0.1, -0.05) is 23.5 Å². The zero-order valence-corrected chi connectivity index (χ0v) is 16.8. The molecule has 0 saturated heterocycles. The van der Waals surface area contributed by atoms with Gasteiger partial charge in [0.15, 0.2) is 11.5 Å². The largest absolute Gasteiger partial charge is 0.497 e. The van der Waals surface area contributed by atoms with Crippen LogP contribution in [0.1, 0.15) is 20.4 Å². The Morgan fingerprint density at radius 1 is 1.10 bits per heavy atom. The number of ether oxygens (including phenoxy) is 3. The molecule has 1 aliphatic rings. The summed E-state index contributed by atoms with van der Waals surface area (Å²) in [6.45, 7) is 0.362. The number of hydrogen-bond donors (Lipinski definition) is 2. The number of anilines is 1. The lowest BCUT2D eigenvalue weighted by Crippen LogP contribution is -2.24. The van der Waals surface area contributed by atoms with Crippen LogP contribution in [0.3, 0.4) is 0 Å². The topological polar surface area (TPSA) is 112 Å². The van der Waals surface area contributed by atoms with Gasteiger partial charge in [-0.2, -0.15) is 0 Å². The number of rotatable bonds is 7. The van der Waals surface area contributed by atoms with E-state index in [-0.39, 0.29) is 36.6 Å². The molecule has 2 heterocycles. The Kier molecular flexibility index (Phi) is 5.75. The van der Waals surface area contributed by atoms with Crippen LogP contribution in [0.2, 0.25) is 0 Å². The maximum absolute atomic E-state index is 12.4. The first-order chi connectivity index (χ1) is 14.6. The molecule has 0 spiro atoms. The van der Waals surface area contributed by atoms with E-state index in [1.54, 1.807) is 37.4 Å². The maximum atomic E-state index is 12.4. The molecule has 0 radical (unpaired) electrons. The van der Waals surface area contributed by atoms with Crippen LogP contribution in [0.4, 0.5) is 5.69 Å². The lowest BCUT2D eigenvalue weighted by atomic mass is 10.1. The summed E-state index contributed by atoms with van der Waals surface area (Å²) in [6.07, 6.45) is 0.236. The highest BCUT2D eigenvalue weighted by Crippen LogP contribution is 2.34. The summed E-state index contributed by atoms with van der Waals surface area (Å²) in [5.41, 5.74) is 1.43. The lowest BCUT2D eigenvalue weighted by molar-refractivity contribution is -0.120. The number of fused-ring (bicyclic) bond motifs is 1. The minimum atomic E-state index is -0.387. The zero-order valence-electron chi connectivity index (χ0n) is 16.0. The van der Waals surface area contributed by atoms with Crippen LogP contribution in [0, 0.1) is 0 Å². The summed E-state index contributed by atoms with van der Waals surface area (Å²) in [6, 6.07) is 12.4. The van der Waals surface area contributed by atoms with E-state index >= 15 is 0 Å². The van der Waals surface area contributed by atoms with E-state index in [1.165, 1.54) is 0 Å². The van der Waals surface area contributed by atoms with Gasteiger partial charge < -0.3 is 24.8 Å². The molecule has 2 amide bonds. The van der Waals surface area contributed by atoms with Crippen LogP contribution in [0.25, 0.3) is 0 Å². The summed E-state index contributed by atoms with van der Waals surface area (Å²) >= 11 is 1.12. The standard InChI is InChI=1S/C20H18N4O5S/c1-27-14-5-2-12(3-6-14)8-17(25)21-10-18-23-24-20(30-18)19(26)22-13-4-7-15-16(9-13)29-11-28-15/h2-7,9H,8,10-11H2,1H3,(H,21,25)(H,22,26). The molecule has 1 aromatic heterocycles. The molecule has 0 fully saturated rings. The second-order valence-corrected chi connectivity index (χ2v) is 7.39. The smallest absolute Gasteiger partial charge is 0.286 e. The van der Waals surface area contributed by atoms with Crippen molar-refractivity contribution in [2.45, 2.75) is 13.0 Å². The van der Waals surface area contributed by atoms with Crippen molar-refractivity contribution in [3.05, 3.63) is 58.0 Å². The van der Waals surface area contributed by atoms with Gasteiger partial charge >= 0.3 is 0 Å². The number of benzene rings is 2.